The lowest BCUT2D eigenvalue weighted by atomic mass is 10.1. The number of hydrogen-bond acceptors (Lipinski definition) is 4. The molecule has 0 saturated heterocycles. The molecule has 3 heterocycles. The molecule has 2 aliphatic heterocycles. The Morgan fingerprint density at radius 1 is 1.26 bits per heavy atom. The highest BCUT2D eigenvalue weighted by atomic mass is 35.5. The molecule has 118 valence electrons. The third-order valence-electron chi connectivity index (χ3n) is 4.45. The van der Waals surface area contributed by atoms with E-state index >= 15 is 0 Å². The number of hydrogen-bond donors (Lipinski definition) is 1. The summed E-state index contributed by atoms with van der Waals surface area (Å²) in [6.07, 6.45) is 1.55. The largest absolute Gasteiger partial charge is 0.330 e. The Kier molecular flexibility index (Phi) is 3.16. The Balaban J connectivity index is 1.77. The number of carbonyl (C=O) groups excluding carboxylic acids is 1. The zero-order valence-corrected chi connectivity index (χ0v) is 13.6. The lowest BCUT2D eigenvalue weighted by Gasteiger charge is -2.35. The molecule has 2 atom stereocenters. The topological polar surface area (TPSA) is 64.6 Å². The molecule has 1 amide bonds. The molecule has 0 fully saturated rings. The van der Waals surface area contributed by atoms with Crippen molar-refractivity contribution in [1.82, 2.24) is 14.9 Å². The van der Waals surface area contributed by atoms with Crippen LogP contribution in [0.25, 0.3) is 0 Å². The standard InChI is InChI=1S/C16H16ClN5O/c1-9-10(2)22-15(23)13-14(19-8-18-13)21(16(22)20-9)7-11-3-5-12(17)6-4-11/h3-6,8-10H,7H2,1-2H3,(H,18,19). The van der Waals surface area contributed by atoms with Crippen LogP contribution in [0, 0.1) is 0 Å². The maximum atomic E-state index is 12.7. The number of guanidine groups is 1. The summed E-state index contributed by atoms with van der Waals surface area (Å²) in [5.41, 5.74) is 1.53. The van der Waals surface area contributed by atoms with Crippen molar-refractivity contribution in [1.29, 1.82) is 0 Å². The van der Waals surface area contributed by atoms with E-state index in [1.54, 1.807) is 11.2 Å². The van der Waals surface area contributed by atoms with Crippen molar-refractivity contribution in [2.24, 2.45) is 4.99 Å². The number of benzene rings is 1. The van der Waals surface area contributed by atoms with Gasteiger partial charge in [-0.15, -0.1) is 0 Å². The molecule has 2 aromatic rings. The molecule has 2 aliphatic rings. The van der Waals surface area contributed by atoms with Gasteiger partial charge in [-0.25, -0.2) is 9.98 Å². The smallest absolute Gasteiger partial charge is 0.283 e. The second kappa shape index (κ2) is 5.09. The van der Waals surface area contributed by atoms with E-state index in [0.717, 1.165) is 5.56 Å². The van der Waals surface area contributed by atoms with Crippen LogP contribution in [0.5, 0.6) is 0 Å². The number of H-pyrrole nitrogens is 1. The normalized spacial score (nSPS) is 22.9. The second-order valence-electron chi connectivity index (χ2n) is 5.90. The molecule has 0 radical (unpaired) electrons. The van der Waals surface area contributed by atoms with Gasteiger partial charge in [0.25, 0.3) is 5.91 Å². The maximum Gasteiger partial charge on any atom is 0.283 e. The number of rotatable bonds is 2. The summed E-state index contributed by atoms with van der Waals surface area (Å²) < 4.78 is 0. The Labute approximate surface area is 138 Å². The second-order valence-corrected chi connectivity index (χ2v) is 6.33. The van der Waals surface area contributed by atoms with E-state index in [-0.39, 0.29) is 18.0 Å². The van der Waals surface area contributed by atoms with Crippen molar-refractivity contribution in [3.8, 4) is 0 Å². The van der Waals surface area contributed by atoms with Crippen LogP contribution in [-0.2, 0) is 6.54 Å². The molecule has 0 spiro atoms. The van der Waals surface area contributed by atoms with Crippen LogP contribution >= 0.6 is 11.6 Å². The zero-order chi connectivity index (χ0) is 16.1. The monoisotopic (exact) mass is 329 g/mol. The van der Waals surface area contributed by atoms with Gasteiger partial charge in [0.2, 0.25) is 5.96 Å². The number of anilines is 1. The van der Waals surface area contributed by atoms with E-state index in [2.05, 4.69) is 15.0 Å². The average molecular weight is 330 g/mol. The highest BCUT2D eigenvalue weighted by Gasteiger charge is 2.44. The molecule has 1 N–H and O–H groups in total. The van der Waals surface area contributed by atoms with Gasteiger partial charge < -0.3 is 4.98 Å². The Bertz CT molecular complexity index is 797. The minimum Gasteiger partial charge on any atom is -0.330 e. The van der Waals surface area contributed by atoms with Crippen molar-refractivity contribution >= 4 is 29.3 Å². The van der Waals surface area contributed by atoms with Crippen LogP contribution in [-0.4, -0.2) is 38.8 Å². The van der Waals surface area contributed by atoms with Crippen molar-refractivity contribution in [3.63, 3.8) is 0 Å². The van der Waals surface area contributed by atoms with Crippen LogP contribution in [0.1, 0.15) is 29.9 Å². The maximum absolute atomic E-state index is 12.7. The molecule has 2 unspecified atom stereocenters. The summed E-state index contributed by atoms with van der Waals surface area (Å²) in [5.74, 6) is 1.28. The number of aromatic nitrogens is 2. The van der Waals surface area contributed by atoms with E-state index in [1.165, 1.54) is 0 Å². The van der Waals surface area contributed by atoms with Gasteiger partial charge in [-0.2, -0.15) is 0 Å². The Morgan fingerprint density at radius 3 is 2.74 bits per heavy atom. The van der Waals surface area contributed by atoms with E-state index in [4.69, 9.17) is 11.6 Å². The summed E-state index contributed by atoms with van der Waals surface area (Å²) in [6, 6.07) is 7.75. The molecular formula is C16H16ClN5O. The molecule has 1 aromatic heterocycles. The first-order valence-electron chi connectivity index (χ1n) is 7.53. The van der Waals surface area contributed by atoms with Crippen LogP contribution < -0.4 is 4.90 Å². The van der Waals surface area contributed by atoms with E-state index in [9.17, 15) is 4.79 Å². The van der Waals surface area contributed by atoms with Crippen LogP contribution in [0.4, 0.5) is 5.82 Å². The molecule has 0 aliphatic carbocycles. The molecule has 6 nitrogen and oxygen atoms in total. The number of aliphatic imine (C=N–C) groups is 1. The molecule has 7 heteroatoms. The molecule has 23 heavy (non-hydrogen) atoms. The Hall–Kier alpha value is -2.34. The minimum absolute atomic E-state index is 0.0232. The van der Waals surface area contributed by atoms with Gasteiger partial charge in [0.05, 0.1) is 25.0 Å². The van der Waals surface area contributed by atoms with Crippen molar-refractivity contribution in [2.75, 3.05) is 4.90 Å². The summed E-state index contributed by atoms with van der Waals surface area (Å²) in [7, 11) is 0. The number of carbonyl (C=O) groups is 1. The van der Waals surface area contributed by atoms with E-state index < -0.39 is 0 Å². The van der Waals surface area contributed by atoms with E-state index in [0.29, 0.717) is 29.0 Å². The number of imidazole rings is 1. The summed E-state index contributed by atoms with van der Waals surface area (Å²) >= 11 is 5.96. The van der Waals surface area contributed by atoms with Crippen LogP contribution in [0.3, 0.4) is 0 Å². The van der Waals surface area contributed by atoms with Gasteiger partial charge in [-0.1, -0.05) is 23.7 Å². The minimum atomic E-state index is -0.0933. The van der Waals surface area contributed by atoms with Gasteiger partial charge in [-0.05, 0) is 31.5 Å². The van der Waals surface area contributed by atoms with Crippen LogP contribution in [0.15, 0.2) is 35.6 Å². The third-order valence-corrected chi connectivity index (χ3v) is 4.70. The Morgan fingerprint density at radius 2 is 2.00 bits per heavy atom. The fourth-order valence-corrected chi connectivity index (χ4v) is 3.14. The number of fused-ring (bicyclic) bond motifs is 2. The molecule has 1 aromatic carbocycles. The predicted molar refractivity (Wildman–Crippen MR) is 88.8 cm³/mol. The zero-order valence-electron chi connectivity index (χ0n) is 12.8. The molecular weight excluding hydrogens is 314 g/mol. The van der Waals surface area contributed by atoms with Crippen molar-refractivity contribution < 1.29 is 4.79 Å². The third kappa shape index (κ3) is 2.13. The summed E-state index contributed by atoms with van der Waals surface area (Å²) in [5, 5.41) is 0.701. The number of nitrogens with one attached hydrogen (secondary N) is 1. The summed E-state index contributed by atoms with van der Waals surface area (Å²) in [6.45, 7) is 4.62. The van der Waals surface area contributed by atoms with E-state index in [1.807, 2.05) is 43.0 Å². The van der Waals surface area contributed by atoms with Crippen molar-refractivity contribution in [3.05, 3.63) is 46.9 Å². The first kappa shape index (κ1) is 14.3. The number of aromatic amines is 1. The predicted octanol–water partition coefficient (Wildman–Crippen LogP) is 2.67. The van der Waals surface area contributed by atoms with Gasteiger partial charge in [0.1, 0.15) is 5.82 Å². The highest BCUT2D eigenvalue weighted by molar-refractivity contribution is 6.30. The lowest BCUT2D eigenvalue weighted by Crippen LogP contribution is -2.52. The summed E-state index contributed by atoms with van der Waals surface area (Å²) in [4.78, 5) is 28.4. The molecule has 0 saturated carbocycles. The highest BCUT2D eigenvalue weighted by Crippen LogP contribution is 2.32. The fraction of sp³-hybridized carbons (Fsp3) is 0.312. The van der Waals surface area contributed by atoms with Gasteiger partial charge >= 0.3 is 0 Å². The van der Waals surface area contributed by atoms with Crippen LogP contribution in [0.2, 0.25) is 5.02 Å². The lowest BCUT2D eigenvalue weighted by molar-refractivity contribution is 0.0803. The van der Waals surface area contributed by atoms with Crippen molar-refractivity contribution in [2.45, 2.75) is 32.5 Å². The molecule has 0 bridgehead atoms. The number of halogens is 1. The SMILES string of the molecule is CC1N=C2N(Cc3ccc(Cl)cc3)c3[nH]cnc3C(=O)N2C1C. The van der Waals surface area contributed by atoms with Gasteiger partial charge in [0.15, 0.2) is 5.69 Å². The first-order valence-corrected chi connectivity index (χ1v) is 7.91. The fourth-order valence-electron chi connectivity index (χ4n) is 3.01. The molecule has 4 rings (SSSR count). The average Bonchev–Trinajstić information content (AvgIpc) is 3.12. The van der Waals surface area contributed by atoms with Gasteiger partial charge in [-0.3, -0.25) is 14.6 Å². The quantitative estimate of drug-likeness (QED) is 0.921. The number of nitrogens with zero attached hydrogens (tertiary/aromatic N) is 4. The number of amides is 1. The first-order chi connectivity index (χ1) is 11.1. The van der Waals surface area contributed by atoms with Gasteiger partial charge in [0, 0.05) is 5.02 Å².